The maximum Gasteiger partial charge on any atom is 0.342 e. The van der Waals surface area contributed by atoms with Crippen LogP contribution in [0, 0.1) is 5.41 Å². The van der Waals surface area contributed by atoms with Crippen molar-refractivity contribution < 1.29 is 37.7 Å². The third kappa shape index (κ3) is 16.7. The molecule has 0 aromatic heterocycles. The van der Waals surface area contributed by atoms with E-state index in [1.807, 2.05) is 60.0 Å². The van der Waals surface area contributed by atoms with Crippen molar-refractivity contribution in [2.75, 3.05) is 34.4 Å². The highest BCUT2D eigenvalue weighted by molar-refractivity contribution is 8.03. The molecule has 0 radical (unpaired) electrons. The van der Waals surface area contributed by atoms with Crippen molar-refractivity contribution in [1.82, 2.24) is 10.2 Å². The Morgan fingerprint density at radius 3 is 2.20 bits per heavy atom. The van der Waals surface area contributed by atoms with Gasteiger partial charge in [-0.25, -0.2) is 0 Å². The molecular weight excluding hydrogens is 596 g/mol. The molecule has 44 heavy (non-hydrogen) atoms. The molecule has 11 nitrogen and oxygen atoms in total. The number of primary amides is 1. The van der Waals surface area contributed by atoms with Gasteiger partial charge in [-0.3, -0.25) is 14.4 Å². The van der Waals surface area contributed by atoms with Gasteiger partial charge >= 0.3 is 6.61 Å². The number of likely N-dealkylation sites (tertiary alicyclic amines) is 1. The predicted molar refractivity (Wildman–Crippen MR) is 169 cm³/mol. The van der Waals surface area contributed by atoms with Gasteiger partial charge in [0.2, 0.25) is 18.2 Å². The van der Waals surface area contributed by atoms with Crippen molar-refractivity contribution in [1.29, 1.82) is 5.41 Å². The maximum absolute atomic E-state index is 12.9. The van der Waals surface area contributed by atoms with Crippen LogP contribution in [0.3, 0.4) is 0 Å². The smallest absolute Gasteiger partial charge is 0.342 e. The second kappa shape index (κ2) is 24.6. The number of nitrogens with one attached hydrogen (secondary N) is 2. The Morgan fingerprint density at radius 2 is 1.68 bits per heavy atom. The molecular formula is C30H43F2N5O6S. The van der Waals surface area contributed by atoms with Crippen molar-refractivity contribution in [3.05, 3.63) is 71.1 Å². The lowest BCUT2D eigenvalue weighted by atomic mass is 10.1. The lowest BCUT2D eigenvalue weighted by Crippen LogP contribution is -2.47. The number of allylic oxidation sites excluding steroid dienone is 1. The molecule has 7 N–H and O–H groups in total. The first-order valence-corrected chi connectivity index (χ1v) is 14.5. The average molecular weight is 640 g/mol. The van der Waals surface area contributed by atoms with Gasteiger partial charge in [0.05, 0.1) is 6.42 Å². The number of thioether (sulfide) groups is 1. The number of alkyl halides is 2. The maximum atomic E-state index is 12.9. The lowest BCUT2D eigenvalue weighted by molar-refractivity contribution is -0.137. The van der Waals surface area contributed by atoms with Crippen molar-refractivity contribution in [2.24, 2.45) is 11.5 Å². The molecule has 2 aromatic rings. The van der Waals surface area contributed by atoms with Crippen LogP contribution in [0.1, 0.15) is 24.8 Å². The Balaban J connectivity index is 0.00000134. The van der Waals surface area contributed by atoms with Gasteiger partial charge in [-0.05, 0) is 67.1 Å². The molecule has 0 saturated carbocycles. The molecule has 2 unspecified atom stereocenters. The Morgan fingerprint density at radius 1 is 1.14 bits per heavy atom. The van der Waals surface area contributed by atoms with Crippen molar-refractivity contribution in [2.45, 2.75) is 43.6 Å². The molecule has 3 amide bonds. The number of halogens is 2. The number of hydrogen-bond acceptors (Lipinski definition) is 9. The zero-order valence-corrected chi connectivity index (χ0v) is 26.0. The number of methoxy groups -OCH3 is 1. The van der Waals surface area contributed by atoms with Crippen LogP contribution in [0.4, 0.5) is 8.78 Å². The highest BCUT2D eigenvalue weighted by Crippen LogP contribution is 2.28. The standard InChI is InChI=1S/C25H27N3O3S.C2H6O.CH2F2O.CH3NO.CH5N/c26-15-19-13-22(32-17-19)16-27-25(30)23-7-4-12-28(23)24(29)14-18-8-10-21(11-9-18)31-20-5-2-1-3-6-20;1-3-2;2-1(3)4;2-1-3;1-2/h1-3,5-6,8-11,15,17,22-23,26H,4,7,12-14,16H2,(H,27,30);1-2H3;1,4H;1H,(H2,2,3);2H2,1H3. The van der Waals surface area contributed by atoms with Gasteiger partial charge in [0.25, 0.3) is 0 Å². The Hall–Kier alpha value is -3.85. The molecule has 4 rings (SSSR count). The molecule has 0 bridgehead atoms. The number of ether oxygens (including phenoxy) is 2. The number of amides is 3. The summed E-state index contributed by atoms with van der Waals surface area (Å²) in [5.41, 5.74) is 10.6. The average Bonchev–Trinajstić information content (AvgIpc) is 3.69. The van der Waals surface area contributed by atoms with Gasteiger partial charge in [0, 0.05) is 38.8 Å². The largest absolute Gasteiger partial charge is 0.457 e. The fourth-order valence-corrected chi connectivity index (χ4v) is 5.00. The number of aliphatic hydroxyl groups excluding tert-OH is 1. The second-order valence-electron chi connectivity index (χ2n) is 8.85. The lowest BCUT2D eigenvalue weighted by Gasteiger charge is -2.24. The van der Waals surface area contributed by atoms with Gasteiger partial charge in [0.1, 0.15) is 17.5 Å². The first-order valence-electron chi connectivity index (χ1n) is 13.5. The monoisotopic (exact) mass is 639 g/mol. The van der Waals surface area contributed by atoms with Gasteiger partial charge in [-0.2, -0.15) is 8.78 Å². The van der Waals surface area contributed by atoms with Gasteiger partial charge in [-0.1, -0.05) is 30.3 Å². The van der Waals surface area contributed by atoms with E-state index in [0.29, 0.717) is 19.5 Å². The highest BCUT2D eigenvalue weighted by atomic mass is 32.2. The van der Waals surface area contributed by atoms with E-state index in [1.165, 1.54) is 13.3 Å². The minimum absolute atomic E-state index is 0.0256. The summed E-state index contributed by atoms with van der Waals surface area (Å²) >= 11 is 1.65. The summed E-state index contributed by atoms with van der Waals surface area (Å²) in [6, 6.07) is 16.7. The van der Waals surface area contributed by atoms with Crippen molar-refractivity contribution >= 4 is 36.2 Å². The van der Waals surface area contributed by atoms with Crippen LogP contribution in [0.5, 0.6) is 11.5 Å². The highest BCUT2D eigenvalue weighted by Gasteiger charge is 2.34. The van der Waals surface area contributed by atoms with E-state index >= 15 is 0 Å². The fourth-order valence-electron chi connectivity index (χ4n) is 4.00. The molecule has 1 saturated heterocycles. The molecule has 1 fully saturated rings. The topological polar surface area (TPSA) is 181 Å². The van der Waals surface area contributed by atoms with Crippen LogP contribution >= 0.6 is 11.8 Å². The third-order valence-corrected chi connectivity index (χ3v) is 6.86. The van der Waals surface area contributed by atoms with Gasteiger partial charge in [0.15, 0.2) is 0 Å². The molecule has 2 aliphatic heterocycles. The molecule has 2 aromatic carbocycles. The third-order valence-electron chi connectivity index (χ3n) is 5.70. The summed E-state index contributed by atoms with van der Waals surface area (Å²) in [6.45, 7) is -2.00. The molecule has 2 aliphatic rings. The Bertz CT molecular complexity index is 1120. The minimum atomic E-state index is -3.17. The summed E-state index contributed by atoms with van der Waals surface area (Å²) < 4.78 is 29.8. The van der Waals surface area contributed by atoms with E-state index in [1.54, 1.807) is 30.9 Å². The second-order valence-corrected chi connectivity index (χ2v) is 10.0. The van der Waals surface area contributed by atoms with Gasteiger partial charge in [-0.15, -0.1) is 11.8 Å². The first-order chi connectivity index (χ1) is 21.2. The van der Waals surface area contributed by atoms with E-state index in [-0.39, 0.29) is 29.9 Å². The number of nitrogens with two attached hydrogens (primary N) is 2. The van der Waals surface area contributed by atoms with E-state index in [0.717, 1.165) is 35.5 Å². The van der Waals surface area contributed by atoms with E-state index < -0.39 is 12.7 Å². The number of carbonyl (C=O) groups excluding carboxylic acids is 3. The SMILES string of the molecule is CN.COC.N=CC1=CSC(CNC(=O)C2CCCN2C(=O)Cc2ccc(Oc3ccccc3)cc2)C1.NC=O.OC(F)F. The Kier molecular flexibility index (Phi) is 22.4. The number of carbonyl (C=O) groups is 3. The number of hydrogen-bond donors (Lipinski definition) is 5. The van der Waals surface area contributed by atoms with Crippen LogP contribution in [-0.2, 0) is 25.5 Å². The van der Waals surface area contributed by atoms with Gasteiger partial charge < -0.3 is 41.7 Å². The zero-order valence-electron chi connectivity index (χ0n) is 25.2. The van der Waals surface area contributed by atoms with Crippen LogP contribution in [0.2, 0.25) is 0 Å². The number of benzene rings is 2. The summed E-state index contributed by atoms with van der Waals surface area (Å²) in [6.07, 6.45) is 4.22. The summed E-state index contributed by atoms with van der Waals surface area (Å²) in [7, 11) is 4.75. The van der Waals surface area contributed by atoms with Crippen molar-refractivity contribution in [3.63, 3.8) is 0 Å². The summed E-state index contributed by atoms with van der Waals surface area (Å²) in [5.74, 6) is 1.38. The van der Waals surface area contributed by atoms with E-state index in [2.05, 4.69) is 21.5 Å². The molecule has 14 heteroatoms. The number of aliphatic hydroxyl groups is 1. The number of rotatable bonds is 8. The van der Waals surface area contributed by atoms with Crippen molar-refractivity contribution in [3.8, 4) is 11.5 Å². The first kappa shape index (κ1) is 40.1. The summed E-state index contributed by atoms with van der Waals surface area (Å²) in [4.78, 5) is 36.0. The zero-order chi connectivity index (χ0) is 33.3. The number of para-hydroxylation sites is 1. The molecule has 0 aliphatic carbocycles. The summed E-state index contributed by atoms with van der Waals surface area (Å²) in [5, 5.41) is 19.3. The molecule has 2 atom stereocenters. The molecule has 0 spiro atoms. The van der Waals surface area contributed by atoms with E-state index in [4.69, 9.17) is 20.0 Å². The fraction of sp³-hybridized carbons (Fsp3) is 0.400. The minimum Gasteiger partial charge on any atom is -0.457 e. The van der Waals surface area contributed by atoms with Crippen LogP contribution in [0.25, 0.3) is 0 Å². The van der Waals surface area contributed by atoms with Crippen LogP contribution < -0.4 is 21.5 Å². The molecule has 2 heterocycles. The normalized spacial score (nSPS) is 16.2. The van der Waals surface area contributed by atoms with Crippen LogP contribution in [0.15, 0.2) is 65.6 Å². The number of nitrogens with zero attached hydrogens (tertiary/aromatic N) is 1. The van der Waals surface area contributed by atoms with E-state index in [9.17, 15) is 18.4 Å². The predicted octanol–water partition coefficient (Wildman–Crippen LogP) is 3.31. The quantitative estimate of drug-likeness (QED) is 0.215. The van der Waals surface area contributed by atoms with Crippen LogP contribution in [-0.4, -0.2) is 86.7 Å². The Labute approximate surface area is 261 Å². The molecule has 244 valence electrons.